The molecule has 0 aliphatic rings. The van der Waals surface area contributed by atoms with Gasteiger partial charge in [-0.3, -0.25) is 13.8 Å². The van der Waals surface area contributed by atoms with Crippen LogP contribution in [0.5, 0.6) is 0 Å². The molecule has 3 unspecified atom stereocenters. The lowest BCUT2D eigenvalue weighted by Gasteiger charge is -2.25. The largest absolute Gasteiger partial charge is 0.472 e. The monoisotopic (exact) mass is 1060 g/mol. The van der Waals surface area contributed by atoms with Crippen molar-refractivity contribution in [1.82, 2.24) is 5.32 Å². The zero-order valence-electron chi connectivity index (χ0n) is 49.3. The number of carbonyl (C=O) groups excluding carboxylic acids is 1. The molecule has 74 heavy (non-hydrogen) atoms. The molecular weight excluding hydrogens is 936 g/mol. The van der Waals surface area contributed by atoms with Crippen molar-refractivity contribution in [3.63, 3.8) is 0 Å². The average Bonchev–Trinajstić information content (AvgIpc) is 3.36. The van der Waals surface area contributed by atoms with Gasteiger partial charge in [-0.2, -0.15) is 0 Å². The number of carbonyl (C=O) groups is 1. The minimum Gasteiger partial charge on any atom is -0.387 e. The third kappa shape index (κ3) is 57.6. The van der Waals surface area contributed by atoms with E-state index >= 15 is 0 Å². The number of phosphoric ester groups is 1. The molecule has 9 heteroatoms. The van der Waals surface area contributed by atoms with Crippen molar-refractivity contribution in [1.29, 1.82) is 0 Å². The molecule has 0 aliphatic heterocycles. The van der Waals surface area contributed by atoms with Gasteiger partial charge in [0, 0.05) is 6.42 Å². The highest BCUT2D eigenvalue weighted by molar-refractivity contribution is 7.47. The second-order valence-electron chi connectivity index (χ2n) is 22.4. The predicted octanol–water partition coefficient (Wildman–Crippen LogP) is 19.4. The summed E-state index contributed by atoms with van der Waals surface area (Å²) in [5.74, 6) is -0.174. The number of amides is 1. The second-order valence-corrected chi connectivity index (χ2v) is 23.9. The lowest BCUT2D eigenvalue weighted by molar-refractivity contribution is -0.870. The number of aliphatic hydroxyl groups is 1. The van der Waals surface area contributed by atoms with Crippen molar-refractivity contribution >= 4 is 13.7 Å². The topological polar surface area (TPSA) is 105 Å². The van der Waals surface area contributed by atoms with Crippen molar-refractivity contribution in [3.05, 3.63) is 72.9 Å². The first-order chi connectivity index (χ1) is 36.0. The van der Waals surface area contributed by atoms with Gasteiger partial charge in [0.1, 0.15) is 13.2 Å². The van der Waals surface area contributed by atoms with E-state index < -0.39 is 20.0 Å². The number of nitrogens with zero attached hydrogens (tertiary/aromatic N) is 1. The van der Waals surface area contributed by atoms with Crippen LogP contribution in [-0.2, 0) is 18.4 Å². The number of phosphoric acid groups is 1. The molecule has 1 amide bonds. The molecule has 0 aliphatic carbocycles. The van der Waals surface area contributed by atoms with Gasteiger partial charge in [-0.05, 0) is 64.2 Å². The second kappa shape index (κ2) is 55.7. The summed E-state index contributed by atoms with van der Waals surface area (Å²) in [6.45, 7) is 4.72. The first-order valence-corrected chi connectivity index (χ1v) is 32.8. The number of aliphatic hydroxyl groups excluding tert-OH is 1. The van der Waals surface area contributed by atoms with Crippen LogP contribution >= 0.6 is 7.82 Å². The van der Waals surface area contributed by atoms with Gasteiger partial charge in [0.2, 0.25) is 5.91 Å². The summed E-state index contributed by atoms with van der Waals surface area (Å²) in [5, 5.41) is 13.9. The van der Waals surface area contributed by atoms with Crippen molar-refractivity contribution < 1.29 is 32.9 Å². The number of hydrogen-bond acceptors (Lipinski definition) is 5. The van der Waals surface area contributed by atoms with Crippen molar-refractivity contribution in [2.45, 2.75) is 296 Å². The normalized spacial score (nSPS) is 14.3. The van der Waals surface area contributed by atoms with Crippen LogP contribution in [0.1, 0.15) is 284 Å². The maximum atomic E-state index is 13.0. The van der Waals surface area contributed by atoms with E-state index in [2.05, 4.69) is 79.9 Å². The van der Waals surface area contributed by atoms with Gasteiger partial charge in [-0.25, -0.2) is 4.57 Å². The van der Waals surface area contributed by atoms with Gasteiger partial charge >= 0.3 is 7.82 Å². The van der Waals surface area contributed by atoms with E-state index in [0.29, 0.717) is 17.4 Å². The first kappa shape index (κ1) is 71.9. The number of allylic oxidation sites excluding steroid dienone is 11. The molecule has 0 fully saturated rings. The first-order valence-electron chi connectivity index (χ1n) is 31.3. The van der Waals surface area contributed by atoms with Crippen molar-refractivity contribution in [2.24, 2.45) is 0 Å². The summed E-state index contributed by atoms with van der Waals surface area (Å²) in [6.07, 6.45) is 77.4. The quantitative estimate of drug-likeness (QED) is 0.0243. The molecule has 432 valence electrons. The standard InChI is InChI=1S/C65H121N2O6P/c1-6-8-10-12-14-16-18-20-22-23-24-25-26-27-28-29-30-31-32-33-34-35-36-37-38-39-40-41-42-43-45-47-49-51-53-55-57-59-65(69)66-63(62-73-74(70,71)72-61-60-67(3,4)5)64(68)58-56-54-52-50-48-46-44-21-19-17-15-13-11-9-7-2/h8,10,14,16,20,22,24-25,27-28,56,58,63-64,68H,6-7,9,11-13,15,17-19,21,23,26,29-55,57,59-62H2,1-5H3,(H-,66,69,70,71)/p+1/b10-8-,16-14-,22-20-,25-24-,28-27-,58-56+. The molecule has 0 saturated carbocycles. The van der Waals surface area contributed by atoms with Gasteiger partial charge in [0.05, 0.1) is 39.9 Å². The fourth-order valence-electron chi connectivity index (χ4n) is 9.07. The maximum Gasteiger partial charge on any atom is 0.472 e. The van der Waals surface area contributed by atoms with E-state index in [9.17, 15) is 19.4 Å². The fraction of sp³-hybridized carbons (Fsp3) is 0.800. The molecule has 0 radical (unpaired) electrons. The third-order valence-electron chi connectivity index (χ3n) is 13.9. The molecule has 0 spiro atoms. The van der Waals surface area contributed by atoms with Gasteiger partial charge in [-0.15, -0.1) is 0 Å². The van der Waals surface area contributed by atoms with Crippen LogP contribution in [0.25, 0.3) is 0 Å². The zero-order chi connectivity index (χ0) is 54.2. The van der Waals surface area contributed by atoms with Crippen LogP contribution in [-0.4, -0.2) is 73.4 Å². The smallest absolute Gasteiger partial charge is 0.387 e. The Bertz CT molecular complexity index is 1430. The number of nitrogens with one attached hydrogen (secondary N) is 1. The summed E-state index contributed by atoms with van der Waals surface area (Å²) in [4.78, 5) is 23.3. The minimum atomic E-state index is -4.35. The Morgan fingerprint density at radius 3 is 1.19 bits per heavy atom. The summed E-state index contributed by atoms with van der Waals surface area (Å²) in [7, 11) is 1.58. The number of rotatable bonds is 57. The Hall–Kier alpha value is -2.06. The van der Waals surface area contributed by atoms with Crippen LogP contribution in [0.4, 0.5) is 0 Å². The van der Waals surface area contributed by atoms with Gasteiger partial charge in [0.25, 0.3) is 0 Å². The SMILES string of the molecule is CC/C=C\C/C=C\C/C=C\C/C=C\C/C=C\CCCCCCCCCCCCCCCCCCCCCCCC(=O)NC(COP(=O)(O)OCC[N+](C)(C)C)C(O)/C=C/CCCCCCCCCCCCCCC. The molecule has 0 aromatic rings. The third-order valence-corrected chi connectivity index (χ3v) is 14.9. The van der Waals surface area contributed by atoms with Gasteiger partial charge < -0.3 is 19.8 Å². The minimum absolute atomic E-state index is 0.0616. The number of quaternary nitrogens is 1. The van der Waals surface area contributed by atoms with E-state index in [4.69, 9.17) is 9.05 Å². The van der Waals surface area contributed by atoms with Crippen molar-refractivity contribution in [2.75, 3.05) is 40.9 Å². The molecule has 8 nitrogen and oxygen atoms in total. The summed E-state index contributed by atoms with van der Waals surface area (Å²) in [5.41, 5.74) is 0. The van der Waals surface area contributed by atoms with Gasteiger partial charge in [-0.1, -0.05) is 286 Å². The summed E-state index contributed by atoms with van der Waals surface area (Å²) in [6, 6.07) is -0.847. The Morgan fingerprint density at radius 1 is 0.473 bits per heavy atom. The van der Waals surface area contributed by atoms with E-state index in [1.807, 2.05) is 27.2 Å². The van der Waals surface area contributed by atoms with Gasteiger partial charge in [0.15, 0.2) is 0 Å². The Morgan fingerprint density at radius 2 is 0.811 bits per heavy atom. The average molecular weight is 1060 g/mol. The van der Waals surface area contributed by atoms with Crippen LogP contribution in [0.15, 0.2) is 72.9 Å². The van der Waals surface area contributed by atoms with Crippen LogP contribution in [0.2, 0.25) is 0 Å². The molecule has 3 N–H and O–H groups in total. The Kier molecular flexibility index (Phi) is 54.1. The Labute approximate surface area is 459 Å². The molecule has 0 bridgehead atoms. The van der Waals surface area contributed by atoms with E-state index in [1.54, 1.807) is 6.08 Å². The van der Waals surface area contributed by atoms with Crippen LogP contribution < -0.4 is 5.32 Å². The molecule has 3 atom stereocenters. The Balaban J connectivity index is 3.97. The molecule has 0 rings (SSSR count). The van der Waals surface area contributed by atoms with Crippen LogP contribution in [0.3, 0.4) is 0 Å². The lowest BCUT2D eigenvalue weighted by atomic mass is 10.0. The lowest BCUT2D eigenvalue weighted by Crippen LogP contribution is -2.45. The molecule has 0 saturated heterocycles. The molecule has 0 heterocycles. The summed E-state index contributed by atoms with van der Waals surface area (Å²) >= 11 is 0. The highest BCUT2D eigenvalue weighted by atomic mass is 31.2. The fourth-order valence-corrected chi connectivity index (χ4v) is 9.81. The highest BCUT2D eigenvalue weighted by Crippen LogP contribution is 2.43. The van der Waals surface area contributed by atoms with Crippen molar-refractivity contribution in [3.8, 4) is 0 Å². The molecule has 0 aromatic heterocycles. The van der Waals surface area contributed by atoms with E-state index in [1.165, 1.54) is 193 Å². The number of hydrogen-bond donors (Lipinski definition) is 3. The zero-order valence-corrected chi connectivity index (χ0v) is 50.2. The number of likely N-dealkylation sites (N-methyl/N-ethyl adjacent to an activating group) is 1. The highest BCUT2D eigenvalue weighted by Gasteiger charge is 2.27. The van der Waals surface area contributed by atoms with E-state index in [0.717, 1.165) is 70.6 Å². The van der Waals surface area contributed by atoms with E-state index in [-0.39, 0.29) is 19.1 Å². The predicted molar refractivity (Wildman–Crippen MR) is 323 cm³/mol. The number of unbranched alkanes of at least 4 members (excludes halogenated alkanes) is 34. The molecule has 0 aromatic carbocycles. The molecular formula is C65H122N2O6P+. The maximum absolute atomic E-state index is 13.0. The summed E-state index contributed by atoms with van der Waals surface area (Å²) < 4.78 is 23.7. The van der Waals surface area contributed by atoms with Crippen LogP contribution in [0, 0.1) is 0 Å².